The molecule has 5 nitrogen and oxygen atoms in total. The first-order valence-corrected chi connectivity index (χ1v) is 7.60. The van der Waals surface area contributed by atoms with E-state index >= 15 is 0 Å². The van der Waals surface area contributed by atoms with Crippen LogP contribution in [0.25, 0.3) is 0 Å². The molecular weight excluding hydrogens is 287 g/mol. The van der Waals surface area contributed by atoms with Crippen LogP contribution in [-0.2, 0) is 16.0 Å². The molecule has 3 rings (SSSR count). The number of aryl methyl sites for hydroxylation is 1. The number of ether oxygens (including phenoxy) is 1. The van der Waals surface area contributed by atoms with Crippen LogP contribution in [0.1, 0.15) is 24.8 Å². The number of hydrogen-bond acceptors (Lipinski definition) is 3. The van der Waals surface area contributed by atoms with Crippen molar-refractivity contribution in [3.63, 3.8) is 0 Å². The minimum atomic E-state index is -0.281. The van der Waals surface area contributed by atoms with E-state index in [0.29, 0.717) is 32.0 Å². The standard InChI is InChI=1S/C16H19FN2O3/c17-12-4-1-11(2-5-12)3-8-15(20)18-9-14-10-19(13-6-7-13)16(21)22-14/h1-2,4-5,13-14H,3,6-10H2,(H,18,20). The number of rotatable bonds is 6. The average molecular weight is 306 g/mol. The van der Waals surface area contributed by atoms with Crippen molar-refractivity contribution >= 4 is 12.0 Å². The van der Waals surface area contributed by atoms with Crippen molar-refractivity contribution in [2.24, 2.45) is 0 Å². The quantitative estimate of drug-likeness (QED) is 0.872. The van der Waals surface area contributed by atoms with Gasteiger partial charge in [-0.3, -0.25) is 4.79 Å². The number of carbonyl (C=O) groups is 2. The summed E-state index contributed by atoms with van der Waals surface area (Å²) in [5.74, 6) is -0.373. The molecular formula is C16H19FN2O3. The monoisotopic (exact) mass is 306 g/mol. The highest BCUT2D eigenvalue weighted by Gasteiger charge is 2.40. The summed E-state index contributed by atoms with van der Waals surface area (Å²) in [6.45, 7) is 0.902. The SMILES string of the molecule is O=C(CCc1ccc(F)cc1)NCC1CN(C2CC2)C(=O)O1. The highest BCUT2D eigenvalue weighted by molar-refractivity contribution is 5.76. The molecule has 1 saturated heterocycles. The van der Waals surface area contributed by atoms with Gasteiger partial charge in [0.05, 0.1) is 13.1 Å². The van der Waals surface area contributed by atoms with Crippen molar-refractivity contribution in [1.82, 2.24) is 10.2 Å². The van der Waals surface area contributed by atoms with E-state index in [1.165, 1.54) is 12.1 Å². The molecule has 2 amide bonds. The Morgan fingerprint density at radius 2 is 2.05 bits per heavy atom. The second-order valence-corrected chi connectivity index (χ2v) is 5.82. The van der Waals surface area contributed by atoms with E-state index in [1.54, 1.807) is 17.0 Å². The van der Waals surface area contributed by atoms with E-state index in [1.807, 2.05) is 0 Å². The Morgan fingerprint density at radius 3 is 2.73 bits per heavy atom. The van der Waals surface area contributed by atoms with Crippen molar-refractivity contribution in [1.29, 1.82) is 0 Å². The zero-order valence-corrected chi connectivity index (χ0v) is 12.3. The first kappa shape index (κ1) is 14.8. The number of halogens is 1. The van der Waals surface area contributed by atoms with Crippen molar-refractivity contribution in [3.8, 4) is 0 Å². The lowest BCUT2D eigenvalue weighted by Gasteiger charge is -2.11. The first-order valence-electron chi connectivity index (χ1n) is 7.60. The van der Waals surface area contributed by atoms with Gasteiger partial charge in [0.2, 0.25) is 5.91 Å². The minimum Gasteiger partial charge on any atom is -0.442 e. The van der Waals surface area contributed by atoms with E-state index in [0.717, 1.165) is 18.4 Å². The number of carbonyl (C=O) groups excluding carboxylic acids is 2. The maximum Gasteiger partial charge on any atom is 0.410 e. The molecule has 1 saturated carbocycles. The summed E-state index contributed by atoms with van der Waals surface area (Å²) in [7, 11) is 0. The van der Waals surface area contributed by atoms with Gasteiger partial charge in [0.15, 0.2) is 0 Å². The molecule has 1 N–H and O–H groups in total. The van der Waals surface area contributed by atoms with E-state index in [2.05, 4.69) is 5.32 Å². The lowest BCUT2D eigenvalue weighted by Crippen LogP contribution is -2.35. The molecule has 1 aromatic carbocycles. The van der Waals surface area contributed by atoms with Crippen LogP contribution in [0, 0.1) is 5.82 Å². The molecule has 118 valence electrons. The Labute approximate surface area is 128 Å². The zero-order chi connectivity index (χ0) is 15.5. The van der Waals surface area contributed by atoms with Gasteiger partial charge in [-0.05, 0) is 37.0 Å². The van der Waals surface area contributed by atoms with Crippen LogP contribution >= 0.6 is 0 Å². The van der Waals surface area contributed by atoms with E-state index in [4.69, 9.17) is 4.74 Å². The Bertz CT molecular complexity index is 557. The van der Waals surface area contributed by atoms with Gasteiger partial charge in [0.1, 0.15) is 11.9 Å². The molecule has 1 aromatic rings. The first-order chi connectivity index (χ1) is 10.6. The molecule has 22 heavy (non-hydrogen) atoms. The summed E-state index contributed by atoms with van der Waals surface area (Å²) in [6, 6.07) is 6.46. The number of benzene rings is 1. The summed E-state index contributed by atoms with van der Waals surface area (Å²) in [4.78, 5) is 25.2. The fraction of sp³-hybridized carbons (Fsp3) is 0.500. The molecule has 0 bridgehead atoms. The summed E-state index contributed by atoms with van der Waals surface area (Å²) in [6.07, 6.45) is 2.46. The highest BCUT2D eigenvalue weighted by atomic mass is 19.1. The molecule has 6 heteroatoms. The third-order valence-electron chi connectivity index (χ3n) is 3.97. The van der Waals surface area contributed by atoms with Gasteiger partial charge in [-0.2, -0.15) is 0 Å². The smallest absolute Gasteiger partial charge is 0.410 e. The van der Waals surface area contributed by atoms with Gasteiger partial charge in [-0.1, -0.05) is 12.1 Å². The minimum absolute atomic E-state index is 0.0924. The van der Waals surface area contributed by atoms with Crippen LogP contribution < -0.4 is 5.32 Å². The largest absolute Gasteiger partial charge is 0.442 e. The maximum atomic E-state index is 12.8. The fourth-order valence-electron chi connectivity index (χ4n) is 2.56. The number of cyclic esters (lactones) is 1. The predicted octanol–water partition coefficient (Wildman–Crippen LogP) is 1.86. The van der Waals surface area contributed by atoms with Gasteiger partial charge >= 0.3 is 6.09 Å². The van der Waals surface area contributed by atoms with E-state index in [-0.39, 0.29) is 23.9 Å². The number of nitrogens with zero attached hydrogens (tertiary/aromatic N) is 1. The van der Waals surface area contributed by atoms with Crippen LogP contribution in [0.2, 0.25) is 0 Å². The molecule has 1 unspecified atom stereocenters. The second-order valence-electron chi connectivity index (χ2n) is 5.82. The molecule has 1 heterocycles. The highest BCUT2D eigenvalue weighted by Crippen LogP contribution is 2.30. The Hall–Kier alpha value is -2.11. The maximum absolute atomic E-state index is 12.8. The number of nitrogens with one attached hydrogen (secondary N) is 1. The van der Waals surface area contributed by atoms with Crippen molar-refractivity contribution in [3.05, 3.63) is 35.6 Å². The van der Waals surface area contributed by atoms with E-state index < -0.39 is 0 Å². The Balaban J connectivity index is 1.37. The van der Waals surface area contributed by atoms with Crippen LogP contribution in [0.4, 0.5) is 9.18 Å². The molecule has 0 aromatic heterocycles. The van der Waals surface area contributed by atoms with Crippen LogP contribution in [0.3, 0.4) is 0 Å². The van der Waals surface area contributed by atoms with Gasteiger partial charge in [-0.15, -0.1) is 0 Å². The number of amides is 2. The van der Waals surface area contributed by atoms with Gasteiger partial charge in [0.25, 0.3) is 0 Å². The lowest BCUT2D eigenvalue weighted by atomic mass is 10.1. The number of hydrogen-bond donors (Lipinski definition) is 1. The molecule has 1 aliphatic heterocycles. The van der Waals surface area contributed by atoms with Crippen molar-refractivity contribution in [2.75, 3.05) is 13.1 Å². The van der Waals surface area contributed by atoms with Gasteiger partial charge < -0.3 is 15.0 Å². The molecule has 0 radical (unpaired) electrons. The second kappa shape index (κ2) is 6.34. The van der Waals surface area contributed by atoms with Crippen LogP contribution in [0.15, 0.2) is 24.3 Å². The molecule has 1 atom stereocenters. The van der Waals surface area contributed by atoms with Gasteiger partial charge in [0, 0.05) is 12.5 Å². The zero-order valence-electron chi connectivity index (χ0n) is 12.3. The third kappa shape index (κ3) is 3.75. The topological polar surface area (TPSA) is 58.6 Å². The molecule has 0 spiro atoms. The van der Waals surface area contributed by atoms with Crippen LogP contribution in [-0.4, -0.2) is 42.1 Å². The van der Waals surface area contributed by atoms with Crippen molar-refractivity contribution in [2.45, 2.75) is 37.8 Å². The van der Waals surface area contributed by atoms with E-state index in [9.17, 15) is 14.0 Å². The fourth-order valence-corrected chi connectivity index (χ4v) is 2.56. The predicted molar refractivity (Wildman–Crippen MR) is 77.7 cm³/mol. The summed E-state index contributed by atoms with van der Waals surface area (Å²) < 4.78 is 18.0. The third-order valence-corrected chi connectivity index (χ3v) is 3.97. The Kier molecular flexibility index (Phi) is 4.27. The molecule has 1 aliphatic carbocycles. The Morgan fingerprint density at radius 1 is 1.32 bits per heavy atom. The lowest BCUT2D eigenvalue weighted by molar-refractivity contribution is -0.121. The molecule has 2 aliphatic rings. The van der Waals surface area contributed by atoms with Crippen LogP contribution in [0.5, 0.6) is 0 Å². The molecule has 2 fully saturated rings. The normalized spacial score (nSPS) is 20.9. The van der Waals surface area contributed by atoms with Gasteiger partial charge in [-0.25, -0.2) is 9.18 Å². The van der Waals surface area contributed by atoms with Crippen molar-refractivity contribution < 1.29 is 18.7 Å². The summed E-state index contributed by atoms with van der Waals surface area (Å²) >= 11 is 0. The summed E-state index contributed by atoms with van der Waals surface area (Å²) in [5.41, 5.74) is 0.920. The average Bonchev–Trinajstić information content (AvgIpc) is 3.28. The summed E-state index contributed by atoms with van der Waals surface area (Å²) in [5, 5.41) is 2.79.